The molecule has 0 saturated carbocycles. The first-order chi connectivity index (χ1) is 31.4. The summed E-state index contributed by atoms with van der Waals surface area (Å²) in [6.07, 6.45) is 9.06. The second-order valence-electron chi connectivity index (χ2n) is 17.1. The van der Waals surface area contributed by atoms with E-state index >= 15 is 0 Å². The quantitative estimate of drug-likeness (QED) is 0.0899. The van der Waals surface area contributed by atoms with Crippen LogP contribution in [0, 0.1) is 13.8 Å². The van der Waals surface area contributed by atoms with Gasteiger partial charge in [-0.05, 0) is 54.7 Å². The molecule has 6 heterocycles. The number of nitrogens with two attached hydrogens (primary N) is 1. The summed E-state index contributed by atoms with van der Waals surface area (Å²) in [6.45, 7) is 16.2. The summed E-state index contributed by atoms with van der Waals surface area (Å²) in [7, 11) is 3.69. The second-order valence-corrected chi connectivity index (χ2v) is 17.1. The smallest absolute Gasteiger partial charge is 0.870 e. The van der Waals surface area contributed by atoms with Crippen LogP contribution in [0.15, 0.2) is 82.6 Å². The van der Waals surface area contributed by atoms with Gasteiger partial charge in [-0.2, -0.15) is 31.4 Å². The van der Waals surface area contributed by atoms with E-state index in [0.717, 1.165) is 33.4 Å². The Kier molecular flexibility index (Phi) is 19.2. The predicted molar refractivity (Wildman–Crippen MR) is 246 cm³/mol. The maximum Gasteiger partial charge on any atom is 1.00 e. The Balaban J connectivity index is 0.000000248. The zero-order chi connectivity index (χ0) is 47.6. The van der Waals surface area contributed by atoms with Gasteiger partial charge in [-0.3, -0.25) is 14.2 Å². The minimum absolute atomic E-state index is 0. The normalized spacial score (nSPS) is 10.9. The number of hydrogen-bond donors (Lipinski definition) is 3. The van der Waals surface area contributed by atoms with Gasteiger partial charge in [-0.15, -0.1) is 0 Å². The number of anilines is 4. The van der Waals surface area contributed by atoms with Crippen LogP contribution in [0.1, 0.15) is 98.4 Å². The number of aromatic nitrogens is 14. The number of nitrogens with one attached hydrogen (secondary N) is 2. The molecule has 5 N–H and O–H groups in total. The molecule has 350 valence electrons. The molecule has 0 saturated heterocycles. The number of Topliss-reactive ketones (excluding diaryl/α,β-unsaturated/α-hetero) is 1. The SMILES string of the molecule is CC(C)(C)c1nc([C-]=O)no1.Cc1cc(-c2ncnc(Nc3ccn(C)n3)n2)ccc1CCC(=O)c1noc(C(C)(C)C)n1.Cc1cc(-c2ncnc(Nc3ccn(C)n3)n2)ccc1CN.[K+].[OH-]. The number of ketones is 1. The molecule has 0 aliphatic heterocycles. The number of carbonyl (C=O) groups excluding carboxylic acids is 2. The molecule has 8 rings (SSSR count). The third-order valence-electron chi connectivity index (χ3n) is 9.57. The average molecular weight is 951 g/mol. The van der Waals surface area contributed by atoms with Gasteiger partial charge in [0.25, 0.3) is 0 Å². The van der Waals surface area contributed by atoms with E-state index in [1.807, 2.05) is 130 Å². The van der Waals surface area contributed by atoms with E-state index in [1.165, 1.54) is 12.7 Å². The maximum absolute atomic E-state index is 12.5. The van der Waals surface area contributed by atoms with Crippen LogP contribution in [0.2, 0.25) is 0 Å². The number of aryl methyl sites for hydroxylation is 5. The van der Waals surface area contributed by atoms with Gasteiger partial charge in [0.05, 0.1) is 5.82 Å². The fourth-order valence-corrected chi connectivity index (χ4v) is 5.93. The maximum atomic E-state index is 12.5. The largest absolute Gasteiger partial charge is 1.00 e. The van der Waals surface area contributed by atoms with Gasteiger partial charge in [-0.25, -0.2) is 24.9 Å². The number of nitrogens with zero attached hydrogens (tertiary/aromatic N) is 14. The molecular weight excluding hydrogens is 898 g/mol. The van der Waals surface area contributed by atoms with Crippen molar-refractivity contribution in [1.29, 1.82) is 0 Å². The van der Waals surface area contributed by atoms with Crippen LogP contribution in [-0.2, 0) is 42.7 Å². The summed E-state index contributed by atoms with van der Waals surface area (Å²) in [5.74, 6) is 4.27. The zero-order valence-electron chi connectivity index (χ0n) is 40.0. The van der Waals surface area contributed by atoms with Crippen LogP contribution in [0.3, 0.4) is 0 Å². The second kappa shape index (κ2) is 24.1. The molecular formula is C45H53KN17O5-. The summed E-state index contributed by atoms with van der Waals surface area (Å²) in [5, 5.41) is 21.9. The molecule has 23 heteroatoms. The zero-order valence-corrected chi connectivity index (χ0v) is 43.1. The third kappa shape index (κ3) is 15.1. The van der Waals surface area contributed by atoms with Crippen molar-refractivity contribution in [2.45, 2.75) is 85.6 Å². The molecule has 0 unspecified atom stereocenters. The molecule has 0 bridgehead atoms. The van der Waals surface area contributed by atoms with Gasteiger partial charge < -0.3 is 35.7 Å². The van der Waals surface area contributed by atoms with E-state index < -0.39 is 0 Å². The molecule has 0 fully saturated rings. The summed E-state index contributed by atoms with van der Waals surface area (Å²) in [4.78, 5) is 56.3. The Morgan fingerprint density at radius 1 is 0.691 bits per heavy atom. The van der Waals surface area contributed by atoms with Gasteiger partial charge in [0, 0.05) is 73.5 Å². The molecule has 0 amide bonds. The van der Waals surface area contributed by atoms with Crippen LogP contribution in [0.5, 0.6) is 0 Å². The first-order valence-electron chi connectivity index (χ1n) is 20.8. The van der Waals surface area contributed by atoms with Crippen molar-refractivity contribution >= 4 is 35.6 Å². The third-order valence-corrected chi connectivity index (χ3v) is 9.57. The topological polar surface area (TPSA) is 305 Å². The van der Waals surface area contributed by atoms with Crippen molar-refractivity contribution in [3.63, 3.8) is 0 Å². The minimum Gasteiger partial charge on any atom is -0.870 e. The number of hydrogen-bond acceptors (Lipinski definition) is 20. The van der Waals surface area contributed by atoms with Crippen molar-refractivity contribution in [2.24, 2.45) is 19.8 Å². The van der Waals surface area contributed by atoms with Gasteiger partial charge in [0.15, 0.2) is 23.3 Å². The van der Waals surface area contributed by atoms with E-state index in [9.17, 15) is 9.59 Å². The van der Waals surface area contributed by atoms with Gasteiger partial charge >= 0.3 is 51.4 Å². The van der Waals surface area contributed by atoms with Crippen molar-refractivity contribution < 1.29 is 75.5 Å². The van der Waals surface area contributed by atoms with Gasteiger partial charge in [-0.1, -0.05) is 76.1 Å². The van der Waals surface area contributed by atoms with Crippen molar-refractivity contribution in [1.82, 2.24) is 69.7 Å². The van der Waals surface area contributed by atoms with Crippen LogP contribution < -0.4 is 67.8 Å². The van der Waals surface area contributed by atoms with Crippen molar-refractivity contribution in [3.05, 3.63) is 119 Å². The summed E-state index contributed by atoms with van der Waals surface area (Å²) >= 11 is 0. The Morgan fingerprint density at radius 3 is 1.57 bits per heavy atom. The van der Waals surface area contributed by atoms with Crippen LogP contribution >= 0.6 is 0 Å². The van der Waals surface area contributed by atoms with E-state index in [2.05, 4.69) is 71.0 Å². The number of rotatable bonds is 12. The fraction of sp³-hybridized carbons (Fsp3) is 0.333. The Hall–Kier alpha value is -6.34. The molecule has 0 aliphatic rings. The van der Waals surface area contributed by atoms with E-state index in [0.29, 0.717) is 66.3 Å². The molecule has 8 aromatic rings. The first-order valence-corrected chi connectivity index (χ1v) is 20.8. The van der Waals surface area contributed by atoms with E-state index in [4.69, 9.17) is 14.8 Å². The minimum atomic E-state index is -0.292. The van der Waals surface area contributed by atoms with Crippen molar-refractivity contribution in [3.8, 4) is 22.8 Å². The molecule has 0 aliphatic carbocycles. The summed E-state index contributed by atoms with van der Waals surface area (Å²) in [6, 6.07) is 15.6. The fourth-order valence-electron chi connectivity index (χ4n) is 5.93. The predicted octanol–water partition coefficient (Wildman–Crippen LogP) is 3.26. The molecule has 0 spiro atoms. The Labute approximate surface area is 435 Å². The van der Waals surface area contributed by atoms with Gasteiger partial charge in [0.1, 0.15) is 12.7 Å². The monoisotopic (exact) mass is 950 g/mol. The summed E-state index contributed by atoms with van der Waals surface area (Å²) in [5.41, 5.74) is 11.3. The molecule has 22 nitrogen and oxygen atoms in total. The standard InChI is InChI=1S/C23H26N8O2.C15H17N7.C7H9N2O2.K.H2O/c1-14-12-16(19-24-13-25-22(28-19)26-18-10-11-31(5)29-18)7-6-15(14)8-9-17(32)20-27-21(33-30-20)23(2,3)4;1-10-7-11(3-4-12(10)8-16)14-17-9-18-15(20-14)19-13-5-6-22(2)21-13;1-7(2,3)6-8-5(4-10)9-11-6;;/h6-7,10-13H,8-9H2,1-5H3,(H,24,25,26,28,29);3-7,9H,8,16H2,1-2H3,(H,17,18,19,20,21);1-3H3;;1H2/q;;-1;+1;/p-1. The number of carbonyl (C=O) groups is 1. The first kappa shape index (κ1) is 54.3. The van der Waals surface area contributed by atoms with Crippen molar-refractivity contribution in [2.75, 3.05) is 10.6 Å². The number of benzene rings is 2. The van der Waals surface area contributed by atoms with Crippen LogP contribution in [0.25, 0.3) is 22.8 Å². The van der Waals surface area contributed by atoms with E-state index in [1.54, 1.807) is 15.6 Å². The Bertz CT molecular complexity index is 2910. The van der Waals surface area contributed by atoms with Gasteiger partial charge in [0.2, 0.25) is 35.3 Å². The molecule has 0 radical (unpaired) electrons. The molecule has 6 aromatic heterocycles. The van der Waals surface area contributed by atoms with Crippen LogP contribution in [0.4, 0.5) is 23.5 Å². The molecule has 0 atom stereocenters. The summed E-state index contributed by atoms with van der Waals surface area (Å²) < 4.78 is 13.4. The molecule has 68 heavy (non-hydrogen) atoms. The van der Waals surface area contributed by atoms with Crippen LogP contribution in [-0.4, -0.2) is 87.3 Å². The average Bonchev–Trinajstić information content (AvgIpc) is 4.12. The molecule has 2 aromatic carbocycles. The Morgan fingerprint density at radius 2 is 1.18 bits per heavy atom. The van der Waals surface area contributed by atoms with E-state index in [-0.39, 0.29) is 85.1 Å².